The molecule has 0 unspecified atom stereocenters. The molecule has 13 heavy (non-hydrogen) atoms. The van der Waals surface area contributed by atoms with Crippen molar-refractivity contribution in [2.75, 3.05) is 0 Å². The van der Waals surface area contributed by atoms with Crippen molar-refractivity contribution in [2.45, 2.75) is 52.5 Å². The van der Waals surface area contributed by atoms with Gasteiger partial charge in [-0.1, -0.05) is 33.6 Å². The number of hydrogen-bond donors (Lipinski definition) is 0. The van der Waals surface area contributed by atoms with Gasteiger partial charge in [-0.05, 0) is 12.3 Å². The first-order valence-corrected chi connectivity index (χ1v) is 5.25. The highest BCUT2D eigenvalue weighted by molar-refractivity contribution is 5.01. The summed E-state index contributed by atoms with van der Waals surface area (Å²) in [5, 5.41) is 0. The molecule has 0 aliphatic carbocycles. The van der Waals surface area contributed by atoms with Crippen molar-refractivity contribution in [1.29, 1.82) is 0 Å². The fourth-order valence-corrected chi connectivity index (χ4v) is 1.34. The van der Waals surface area contributed by atoms with Gasteiger partial charge in [-0.3, -0.25) is 0 Å². The zero-order chi connectivity index (χ0) is 9.68. The summed E-state index contributed by atoms with van der Waals surface area (Å²) in [6.07, 6.45) is 7.98. The van der Waals surface area contributed by atoms with Gasteiger partial charge in [0.15, 0.2) is 0 Å². The zero-order valence-corrected chi connectivity index (χ0v) is 8.95. The lowest BCUT2D eigenvalue weighted by atomic mass is 10.2. The molecule has 0 spiro atoms. The van der Waals surface area contributed by atoms with Crippen LogP contribution in [0.4, 0.5) is 0 Å². The lowest BCUT2D eigenvalue weighted by molar-refractivity contribution is 0.601. The number of rotatable bonds is 5. The molecule has 0 radical (unpaired) electrons. The molecule has 0 N–H and O–H groups in total. The number of hydrogen-bond acceptors (Lipinski definition) is 1. The Balaban J connectivity index is 2.40. The second kappa shape index (κ2) is 5.05. The van der Waals surface area contributed by atoms with E-state index in [0.29, 0.717) is 5.92 Å². The fraction of sp³-hybridized carbons (Fsp3) is 0.727. The molecular formula is C11H20N2. The third-order valence-corrected chi connectivity index (χ3v) is 2.26. The van der Waals surface area contributed by atoms with Gasteiger partial charge in [-0.2, -0.15) is 0 Å². The second-order valence-corrected chi connectivity index (χ2v) is 3.90. The highest BCUT2D eigenvalue weighted by atomic mass is 15.0. The molecule has 1 aromatic heterocycles. The van der Waals surface area contributed by atoms with E-state index in [1.165, 1.54) is 25.0 Å². The summed E-state index contributed by atoms with van der Waals surface area (Å²) >= 11 is 0. The van der Waals surface area contributed by atoms with Crippen LogP contribution in [0, 0.1) is 0 Å². The second-order valence-electron chi connectivity index (χ2n) is 3.90. The van der Waals surface area contributed by atoms with E-state index in [4.69, 9.17) is 0 Å². The Labute approximate surface area is 81.0 Å². The first kappa shape index (κ1) is 10.3. The molecule has 1 rings (SSSR count). The van der Waals surface area contributed by atoms with E-state index in [1.807, 2.05) is 6.33 Å². The Morgan fingerprint density at radius 1 is 1.38 bits per heavy atom. The summed E-state index contributed by atoms with van der Waals surface area (Å²) in [5.41, 5.74) is 1.21. The summed E-state index contributed by atoms with van der Waals surface area (Å²) in [6.45, 7) is 7.71. The molecule has 74 valence electrons. The molecule has 0 atom stereocenters. The van der Waals surface area contributed by atoms with Crippen molar-refractivity contribution in [3.05, 3.63) is 18.2 Å². The van der Waals surface area contributed by atoms with Crippen LogP contribution in [-0.2, 0) is 6.54 Å². The van der Waals surface area contributed by atoms with Gasteiger partial charge in [0.05, 0.1) is 12.0 Å². The van der Waals surface area contributed by atoms with E-state index >= 15 is 0 Å². The molecule has 0 fully saturated rings. The topological polar surface area (TPSA) is 17.8 Å². The lowest BCUT2D eigenvalue weighted by Crippen LogP contribution is -1.94. The third-order valence-electron chi connectivity index (χ3n) is 2.26. The SMILES string of the molecule is CCCCCn1cnc(C(C)C)c1. The minimum Gasteiger partial charge on any atom is -0.337 e. The van der Waals surface area contributed by atoms with Gasteiger partial charge in [0.25, 0.3) is 0 Å². The quantitative estimate of drug-likeness (QED) is 0.636. The highest BCUT2D eigenvalue weighted by Crippen LogP contribution is 2.11. The first-order chi connectivity index (χ1) is 6.24. The maximum atomic E-state index is 4.36. The van der Waals surface area contributed by atoms with Gasteiger partial charge in [-0.25, -0.2) is 4.98 Å². The molecule has 0 saturated carbocycles. The van der Waals surface area contributed by atoms with Crippen molar-refractivity contribution < 1.29 is 0 Å². The molecule has 2 heteroatoms. The summed E-state index contributed by atoms with van der Waals surface area (Å²) in [7, 11) is 0. The van der Waals surface area contributed by atoms with Crippen LogP contribution in [0.1, 0.15) is 51.6 Å². The number of aryl methyl sites for hydroxylation is 1. The molecule has 1 heterocycles. The Bertz CT molecular complexity index is 238. The Hall–Kier alpha value is -0.790. The van der Waals surface area contributed by atoms with Gasteiger partial charge >= 0.3 is 0 Å². The van der Waals surface area contributed by atoms with Crippen molar-refractivity contribution in [3.8, 4) is 0 Å². The van der Waals surface area contributed by atoms with E-state index in [-0.39, 0.29) is 0 Å². The van der Waals surface area contributed by atoms with Crippen LogP contribution in [0.2, 0.25) is 0 Å². The van der Waals surface area contributed by atoms with Crippen molar-refractivity contribution in [1.82, 2.24) is 9.55 Å². The van der Waals surface area contributed by atoms with Crippen LogP contribution in [0.25, 0.3) is 0 Å². The molecular weight excluding hydrogens is 160 g/mol. The average Bonchev–Trinajstić information content (AvgIpc) is 2.53. The first-order valence-electron chi connectivity index (χ1n) is 5.25. The van der Waals surface area contributed by atoms with Crippen molar-refractivity contribution in [2.24, 2.45) is 0 Å². The molecule has 2 nitrogen and oxygen atoms in total. The maximum Gasteiger partial charge on any atom is 0.0949 e. The van der Waals surface area contributed by atoms with Crippen LogP contribution in [0.3, 0.4) is 0 Å². The third kappa shape index (κ3) is 3.21. The van der Waals surface area contributed by atoms with Crippen LogP contribution < -0.4 is 0 Å². The Morgan fingerprint density at radius 3 is 2.69 bits per heavy atom. The molecule has 0 amide bonds. The smallest absolute Gasteiger partial charge is 0.0949 e. The molecule has 1 aromatic rings. The largest absolute Gasteiger partial charge is 0.337 e. The number of unbranched alkanes of at least 4 members (excludes halogenated alkanes) is 2. The summed E-state index contributed by atoms with van der Waals surface area (Å²) in [6, 6.07) is 0. The minimum absolute atomic E-state index is 0.549. The van der Waals surface area contributed by atoms with Gasteiger partial charge in [0.1, 0.15) is 0 Å². The monoisotopic (exact) mass is 180 g/mol. The predicted molar refractivity (Wildman–Crippen MR) is 55.8 cm³/mol. The molecule has 0 aliphatic rings. The van der Waals surface area contributed by atoms with Gasteiger partial charge in [0.2, 0.25) is 0 Å². The van der Waals surface area contributed by atoms with E-state index in [2.05, 4.69) is 36.5 Å². The predicted octanol–water partition coefficient (Wildman–Crippen LogP) is 3.20. The molecule has 0 aliphatic heterocycles. The van der Waals surface area contributed by atoms with E-state index in [1.54, 1.807) is 0 Å². The highest BCUT2D eigenvalue weighted by Gasteiger charge is 2.01. The van der Waals surface area contributed by atoms with Gasteiger partial charge in [0, 0.05) is 12.7 Å². The molecule has 0 bridgehead atoms. The van der Waals surface area contributed by atoms with Gasteiger partial charge in [-0.15, -0.1) is 0 Å². The average molecular weight is 180 g/mol. The van der Waals surface area contributed by atoms with E-state index in [9.17, 15) is 0 Å². The number of imidazole rings is 1. The Morgan fingerprint density at radius 2 is 2.15 bits per heavy atom. The lowest BCUT2D eigenvalue weighted by Gasteiger charge is -2.00. The van der Waals surface area contributed by atoms with Crippen LogP contribution in [0.15, 0.2) is 12.5 Å². The summed E-state index contributed by atoms with van der Waals surface area (Å²) in [4.78, 5) is 4.36. The van der Waals surface area contributed by atoms with Gasteiger partial charge < -0.3 is 4.57 Å². The normalized spacial score (nSPS) is 11.1. The zero-order valence-electron chi connectivity index (χ0n) is 8.95. The van der Waals surface area contributed by atoms with Crippen LogP contribution in [0.5, 0.6) is 0 Å². The fourth-order valence-electron chi connectivity index (χ4n) is 1.34. The number of aromatic nitrogens is 2. The maximum absolute atomic E-state index is 4.36. The van der Waals surface area contributed by atoms with Crippen LogP contribution in [-0.4, -0.2) is 9.55 Å². The van der Waals surface area contributed by atoms with E-state index in [0.717, 1.165) is 6.54 Å². The summed E-state index contributed by atoms with van der Waals surface area (Å²) < 4.78 is 2.20. The molecule has 0 saturated heterocycles. The molecule has 0 aromatic carbocycles. The summed E-state index contributed by atoms with van der Waals surface area (Å²) in [5.74, 6) is 0.549. The Kier molecular flexibility index (Phi) is 4.00. The van der Waals surface area contributed by atoms with Crippen molar-refractivity contribution in [3.63, 3.8) is 0 Å². The van der Waals surface area contributed by atoms with Crippen LogP contribution >= 0.6 is 0 Å². The standard InChI is InChI=1S/C11H20N2/c1-4-5-6-7-13-8-11(10(2)3)12-9-13/h8-10H,4-7H2,1-3H3. The van der Waals surface area contributed by atoms with E-state index < -0.39 is 0 Å². The number of nitrogens with zero attached hydrogens (tertiary/aromatic N) is 2. The van der Waals surface area contributed by atoms with Crippen molar-refractivity contribution >= 4 is 0 Å². The minimum atomic E-state index is 0.549.